The molecule has 5 heteroatoms. The van der Waals surface area contributed by atoms with Gasteiger partial charge in [-0.3, -0.25) is 9.67 Å². The maximum atomic E-state index is 9.66. The second-order valence-corrected chi connectivity index (χ2v) is 4.38. The predicted molar refractivity (Wildman–Crippen MR) is 72.1 cm³/mol. The molecule has 2 rings (SSSR count). The van der Waals surface area contributed by atoms with Gasteiger partial charge in [0, 0.05) is 6.54 Å². The quantitative estimate of drug-likeness (QED) is 0.868. The van der Waals surface area contributed by atoms with Crippen LogP contribution in [0.25, 0.3) is 0 Å². The Bertz CT molecular complexity index is 508. The van der Waals surface area contributed by atoms with Crippen LogP contribution >= 0.6 is 0 Å². The van der Waals surface area contributed by atoms with E-state index in [1.807, 2.05) is 17.8 Å². The Morgan fingerprint density at radius 1 is 1.26 bits per heavy atom. The molecule has 0 aliphatic carbocycles. The summed E-state index contributed by atoms with van der Waals surface area (Å²) in [5.74, 6) is 1.34. The second kappa shape index (κ2) is 6.33. The average molecular weight is 261 g/mol. The van der Waals surface area contributed by atoms with Crippen molar-refractivity contribution in [2.75, 3.05) is 0 Å². The highest BCUT2D eigenvalue weighted by Crippen LogP contribution is 2.22. The number of hydrogen-bond donors (Lipinski definition) is 1. The third-order valence-electron chi connectivity index (χ3n) is 2.79. The first kappa shape index (κ1) is 13.5. The number of aryl methyl sites for hydroxylation is 1. The molecule has 2 heterocycles. The van der Waals surface area contributed by atoms with E-state index in [0.717, 1.165) is 13.0 Å². The maximum Gasteiger partial charge on any atom is 0.165 e. The van der Waals surface area contributed by atoms with E-state index in [1.165, 1.54) is 0 Å². The standard InChI is InChI=1S/C14H19N3O2/c1-3-7-17-10-12(9-16-17)19-11-5-6-13(15-8-11)14(18)4-2/h5-6,8-10,14,18H,3-4,7H2,1-2H3/t14-/m0/s1. The van der Waals surface area contributed by atoms with Crippen molar-refractivity contribution < 1.29 is 9.84 Å². The zero-order chi connectivity index (χ0) is 13.7. The molecule has 0 radical (unpaired) electrons. The zero-order valence-corrected chi connectivity index (χ0v) is 11.3. The lowest BCUT2D eigenvalue weighted by Crippen LogP contribution is -1.98. The lowest BCUT2D eigenvalue weighted by Gasteiger charge is -2.07. The van der Waals surface area contributed by atoms with Crippen LogP contribution in [0.4, 0.5) is 0 Å². The lowest BCUT2D eigenvalue weighted by molar-refractivity contribution is 0.169. The summed E-state index contributed by atoms with van der Waals surface area (Å²) in [5.41, 5.74) is 0.663. The molecule has 0 amide bonds. The van der Waals surface area contributed by atoms with Crippen LogP contribution in [0.5, 0.6) is 11.5 Å². The first-order valence-electron chi connectivity index (χ1n) is 6.57. The number of rotatable bonds is 6. The molecule has 0 aliphatic heterocycles. The molecule has 5 nitrogen and oxygen atoms in total. The van der Waals surface area contributed by atoms with Crippen LogP contribution < -0.4 is 4.74 Å². The molecular weight excluding hydrogens is 242 g/mol. The maximum absolute atomic E-state index is 9.66. The van der Waals surface area contributed by atoms with Gasteiger partial charge in [0.15, 0.2) is 5.75 Å². The Morgan fingerprint density at radius 2 is 2.11 bits per heavy atom. The zero-order valence-electron chi connectivity index (χ0n) is 11.3. The number of nitrogens with zero attached hydrogens (tertiary/aromatic N) is 3. The third-order valence-corrected chi connectivity index (χ3v) is 2.79. The molecule has 0 saturated carbocycles. The summed E-state index contributed by atoms with van der Waals surface area (Å²) >= 11 is 0. The highest BCUT2D eigenvalue weighted by molar-refractivity contribution is 5.27. The predicted octanol–water partition coefficient (Wildman–Crippen LogP) is 2.92. The van der Waals surface area contributed by atoms with Gasteiger partial charge in [0.25, 0.3) is 0 Å². The molecule has 0 saturated heterocycles. The van der Waals surface area contributed by atoms with Crippen LogP contribution in [0.2, 0.25) is 0 Å². The van der Waals surface area contributed by atoms with Crippen LogP contribution in [-0.4, -0.2) is 19.9 Å². The van der Waals surface area contributed by atoms with Crippen molar-refractivity contribution in [3.63, 3.8) is 0 Å². The first-order valence-corrected chi connectivity index (χ1v) is 6.57. The van der Waals surface area contributed by atoms with E-state index in [9.17, 15) is 5.11 Å². The van der Waals surface area contributed by atoms with Gasteiger partial charge in [-0.1, -0.05) is 13.8 Å². The van der Waals surface area contributed by atoms with Crippen LogP contribution in [0, 0.1) is 0 Å². The number of aliphatic hydroxyl groups is 1. The largest absolute Gasteiger partial charge is 0.452 e. The average Bonchev–Trinajstić information content (AvgIpc) is 2.86. The van der Waals surface area contributed by atoms with Gasteiger partial charge in [0.1, 0.15) is 5.75 Å². The Labute approximate surface area is 112 Å². The Hall–Kier alpha value is -1.88. The van der Waals surface area contributed by atoms with Crippen molar-refractivity contribution in [2.45, 2.75) is 39.3 Å². The van der Waals surface area contributed by atoms with E-state index in [1.54, 1.807) is 24.5 Å². The smallest absolute Gasteiger partial charge is 0.165 e. The first-order chi connectivity index (χ1) is 9.22. The van der Waals surface area contributed by atoms with Gasteiger partial charge in [-0.25, -0.2) is 0 Å². The van der Waals surface area contributed by atoms with Crippen molar-refractivity contribution in [3.8, 4) is 11.5 Å². The van der Waals surface area contributed by atoms with Crippen molar-refractivity contribution in [3.05, 3.63) is 36.4 Å². The minimum atomic E-state index is -0.513. The summed E-state index contributed by atoms with van der Waals surface area (Å²) in [6.45, 7) is 4.89. The summed E-state index contributed by atoms with van der Waals surface area (Å²) < 4.78 is 7.49. The van der Waals surface area contributed by atoms with E-state index in [4.69, 9.17) is 4.74 Å². The molecule has 0 aliphatic rings. The van der Waals surface area contributed by atoms with Crippen molar-refractivity contribution in [1.29, 1.82) is 0 Å². The SMILES string of the molecule is CCCn1cc(Oc2ccc([C@@H](O)CC)nc2)cn1. The summed E-state index contributed by atoms with van der Waals surface area (Å²) in [6.07, 6.45) is 6.33. The van der Waals surface area contributed by atoms with Crippen LogP contribution in [0.3, 0.4) is 0 Å². The van der Waals surface area contributed by atoms with Crippen LogP contribution in [0.1, 0.15) is 38.5 Å². The molecule has 2 aromatic rings. The van der Waals surface area contributed by atoms with Crippen LogP contribution in [-0.2, 0) is 6.54 Å². The van der Waals surface area contributed by atoms with Gasteiger partial charge in [-0.2, -0.15) is 5.10 Å². The van der Waals surface area contributed by atoms with E-state index < -0.39 is 6.10 Å². The molecule has 1 N–H and O–H groups in total. The van der Waals surface area contributed by atoms with Crippen molar-refractivity contribution in [2.24, 2.45) is 0 Å². The summed E-state index contributed by atoms with van der Waals surface area (Å²) in [5, 5.41) is 13.8. The minimum Gasteiger partial charge on any atom is -0.452 e. The fraction of sp³-hybridized carbons (Fsp3) is 0.429. The highest BCUT2D eigenvalue weighted by atomic mass is 16.5. The van der Waals surface area contributed by atoms with Crippen LogP contribution in [0.15, 0.2) is 30.7 Å². The Balaban J connectivity index is 2.02. The molecule has 0 unspecified atom stereocenters. The minimum absolute atomic E-state index is 0.513. The topological polar surface area (TPSA) is 60.2 Å². The molecule has 0 bridgehead atoms. The lowest BCUT2D eigenvalue weighted by atomic mass is 10.2. The molecule has 102 valence electrons. The molecule has 19 heavy (non-hydrogen) atoms. The van der Waals surface area contributed by atoms with Gasteiger partial charge in [-0.15, -0.1) is 0 Å². The molecule has 0 spiro atoms. The van der Waals surface area contributed by atoms with Crippen molar-refractivity contribution >= 4 is 0 Å². The summed E-state index contributed by atoms with van der Waals surface area (Å²) in [7, 11) is 0. The van der Waals surface area contributed by atoms with Gasteiger partial charge in [0.2, 0.25) is 0 Å². The van der Waals surface area contributed by atoms with E-state index in [-0.39, 0.29) is 0 Å². The fourth-order valence-corrected chi connectivity index (χ4v) is 1.74. The second-order valence-electron chi connectivity index (χ2n) is 4.38. The molecule has 2 aromatic heterocycles. The number of ether oxygens (including phenoxy) is 1. The molecular formula is C14H19N3O2. The third kappa shape index (κ3) is 3.54. The number of hydrogen-bond acceptors (Lipinski definition) is 4. The van der Waals surface area contributed by atoms with E-state index >= 15 is 0 Å². The number of aliphatic hydroxyl groups excluding tert-OH is 1. The molecule has 0 aromatic carbocycles. The van der Waals surface area contributed by atoms with Gasteiger partial charge >= 0.3 is 0 Å². The van der Waals surface area contributed by atoms with E-state index in [0.29, 0.717) is 23.6 Å². The highest BCUT2D eigenvalue weighted by Gasteiger charge is 2.07. The normalized spacial score (nSPS) is 12.4. The number of aromatic nitrogens is 3. The molecule has 1 atom stereocenters. The summed E-state index contributed by atoms with van der Waals surface area (Å²) in [4.78, 5) is 4.19. The Kier molecular flexibility index (Phi) is 4.52. The summed E-state index contributed by atoms with van der Waals surface area (Å²) in [6, 6.07) is 3.58. The van der Waals surface area contributed by atoms with Gasteiger partial charge in [0.05, 0.1) is 30.4 Å². The van der Waals surface area contributed by atoms with Gasteiger partial charge < -0.3 is 9.84 Å². The number of pyridine rings is 1. The fourth-order valence-electron chi connectivity index (χ4n) is 1.74. The molecule has 0 fully saturated rings. The monoisotopic (exact) mass is 261 g/mol. The van der Waals surface area contributed by atoms with Crippen molar-refractivity contribution in [1.82, 2.24) is 14.8 Å². The van der Waals surface area contributed by atoms with E-state index in [2.05, 4.69) is 17.0 Å². The Morgan fingerprint density at radius 3 is 2.74 bits per heavy atom. The van der Waals surface area contributed by atoms with Gasteiger partial charge in [-0.05, 0) is 25.0 Å².